The minimum atomic E-state index is -0.584. The summed E-state index contributed by atoms with van der Waals surface area (Å²) in [6, 6.07) is 18.3. The lowest BCUT2D eigenvalue weighted by Crippen LogP contribution is -2.29. The Balaban J connectivity index is 1.77. The highest BCUT2D eigenvalue weighted by atomic mass is 32.2. The molecule has 0 saturated carbocycles. The second-order valence-electron chi connectivity index (χ2n) is 8.16. The normalized spacial score (nSPS) is 15.2. The molecule has 0 fully saturated rings. The van der Waals surface area contributed by atoms with Gasteiger partial charge < -0.3 is 9.15 Å². The third-order valence-corrected chi connectivity index (χ3v) is 7.01. The fraction of sp³-hybridized carbons (Fsp3) is 0.185. The molecule has 1 unspecified atom stereocenters. The van der Waals surface area contributed by atoms with Gasteiger partial charge in [-0.1, -0.05) is 12.1 Å². The van der Waals surface area contributed by atoms with Crippen molar-refractivity contribution in [2.45, 2.75) is 24.8 Å². The predicted molar refractivity (Wildman–Crippen MR) is 132 cm³/mol. The van der Waals surface area contributed by atoms with Gasteiger partial charge in [-0.2, -0.15) is 0 Å². The number of aryl methyl sites for hydroxylation is 2. The molecule has 5 rings (SSSR count). The van der Waals surface area contributed by atoms with E-state index in [0.29, 0.717) is 28.0 Å². The maximum Gasteiger partial charge on any atom is 0.295 e. The van der Waals surface area contributed by atoms with E-state index in [9.17, 15) is 9.59 Å². The zero-order valence-electron chi connectivity index (χ0n) is 18.8. The molecule has 1 amide bonds. The summed E-state index contributed by atoms with van der Waals surface area (Å²) in [4.78, 5) is 30.2. The van der Waals surface area contributed by atoms with Crippen LogP contribution >= 0.6 is 11.8 Å². The van der Waals surface area contributed by atoms with E-state index in [0.717, 1.165) is 21.6 Å². The Morgan fingerprint density at radius 1 is 0.939 bits per heavy atom. The molecule has 4 aromatic rings. The van der Waals surface area contributed by atoms with Crippen LogP contribution in [0.4, 0.5) is 5.69 Å². The van der Waals surface area contributed by atoms with Gasteiger partial charge in [-0.15, -0.1) is 11.8 Å². The minimum Gasteiger partial charge on any atom is -0.497 e. The van der Waals surface area contributed by atoms with E-state index in [1.807, 2.05) is 68.6 Å². The molecule has 0 bridgehead atoms. The molecule has 33 heavy (non-hydrogen) atoms. The van der Waals surface area contributed by atoms with Crippen LogP contribution in [0.3, 0.4) is 0 Å². The van der Waals surface area contributed by atoms with Crippen molar-refractivity contribution in [3.63, 3.8) is 0 Å². The number of nitrogens with zero attached hydrogens (tertiary/aromatic N) is 1. The molecule has 1 aromatic heterocycles. The Labute approximate surface area is 196 Å². The molecule has 2 heterocycles. The lowest BCUT2D eigenvalue weighted by atomic mass is 9.97. The predicted octanol–water partition coefficient (Wildman–Crippen LogP) is 5.89. The monoisotopic (exact) mass is 457 g/mol. The largest absolute Gasteiger partial charge is 0.497 e. The lowest BCUT2D eigenvalue weighted by molar-refractivity contribution is 0.0971. The first kappa shape index (κ1) is 21.3. The average Bonchev–Trinajstić information content (AvgIpc) is 3.13. The van der Waals surface area contributed by atoms with Gasteiger partial charge in [0.05, 0.1) is 24.1 Å². The van der Waals surface area contributed by atoms with Crippen LogP contribution in [-0.4, -0.2) is 19.3 Å². The Hall–Kier alpha value is -3.51. The van der Waals surface area contributed by atoms with Crippen LogP contribution in [0.15, 0.2) is 74.8 Å². The highest BCUT2D eigenvalue weighted by molar-refractivity contribution is 7.98. The topological polar surface area (TPSA) is 59.8 Å². The SMILES string of the molecule is COc1ccc(N2C(=O)c3oc4cc(C)c(C)cc4c(=O)c3C2c2ccc(SC)cc2)cc1. The number of hydrogen-bond donors (Lipinski definition) is 0. The third-order valence-electron chi connectivity index (χ3n) is 6.27. The van der Waals surface area contributed by atoms with Crippen molar-refractivity contribution in [2.75, 3.05) is 18.3 Å². The van der Waals surface area contributed by atoms with Crippen LogP contribution in [0.1, 0.15) is 38.9 Å². The van der Waals surface area contributed by atoms with Gasteiger partial charge in [0, 0.05) is 10.6 Å². The number of thioether (sulfide) groups is 1. The van der Waals surface area contributed by atoms with Crippen molar-refractivity contribution < 1.29 is 13.9 Å². The van der Waals surface area contributed by atoms with E-state index < -0.39 is 6.04 Å². The van der Waals surface area contributed by atoms with Gasteiger partial charge in [0.2, 0.25) is 5.76 Å². The number of rotatable bonds is 4. The molecule has 6 heteroatoms. The lowest BCUT2D eigenvalue weighted by Gasteiger charge is -2.25. The highest BCUT2D eigenvalue weighted by Gasteiger charge is 2.43. The van der Waals surface area contributed by atoms with Gasteiger partial charge >= 0.3 is 0 Å². The van der Waals surface area contributed by atoms with Gasteiger partial charge in [-0.25, -0.2) is 0 Å². The van der Waals surface area contributed by atoms with Gasteiger partial charge in [0.15, 0.2) is 5.43 Å². The Morgan fingerprint density at radius 2 is 1.61 bits per heavy atom. The number of carbonyl (C=O) groups excluding carboxylic acids is 1. The summed E-state index contributed by atoms with van der Waals surface area (Å²) in [5, 5.41) is 0.493. The van der Waals surface area contributed by atoms with E-state index in [1.165, 1.54) is 0 Å². The molecule has 0 spiro atoms. The third kappa shape index (κ3) is 3.42. The number of hydrogen-bond acceptors (Lipinski definition) is 5. The van der Waals surface area contributed by atoms with Crippen LogP contribution in [0.2, 0.25) is 0 Å². The molecule has 3 aromatic carbocycles. The summed E-state index contributed by atoms with van der Waals surface area (Å²) in [5.74, 6) is 0.464. The second kappa shape index (κ2) is 8.12. The second-order valence-corrected chi connectivity index (χ2v) is 9.04. The number of carbonyl (C=O) groups is 1. The quantitative estimate of drug-likeness (QED) is 0.358. The average molecular weight is 458 g/mol. The summed E-state index contributed by atoms with van der Waals surface area (Å²) in [7, 11) is 1.60. The van der Waals surface area contributed by atoms with Crippen LogP contribution in [0.5, 0.6) is 5.75 Å². The van der Waals surface area contributed by atoms with Crippen molar-refractivity contribution in [1.29, 1.82) is 0 Å². The highest BCUT2D eigenvalue weighted by Crippen LogP contribution is 2.42. The fourth-order valence-corrected chi connectivity index (χ4v) is 4.75. The van der Waals surface area contributed by atoms with Crippen molar-refractivity contribution >= 4 is 34.3 Å². The zero-order chi connectivity index (χ0) is 23.3. The van der Waals surface area contributed by atoms with Crippen LogP contribution in [-0.2, 0) is 0 Å². The smallest absolute Gasteiger partial charge is 0.295 e. The summed E-state index contributed by atoms with van der Waals surface area (Å²) in [5.41, 5.74) is 4.18. The Kier molecular flexibility index (Phi) is 5.25. The molecule has 0 N–H and O–H groups in total. The summed E-state index contributed by atoms with van der Waals surface area (Å²) < 4.78 is 11.4. The molecule has 1 atom stereocenters. The number of benzene rings is 3. The standard InChI is InChI=1S/C27H23NO4S/c1-15-13-21-22(14-16(15)2)32-26-23(25(21)29)24(17-5-11-20(33-4)12-6-17)28(27(26)30)18-7-9-19(31-3)10-8-18/h5-14,24H,1-4H3. The van der Waals surface area contributed by atoms with Gasteiger partial charge in [-0.3, -0.25) is 14.5 Å². The molecule has 0 saturated heterocycles. The maximum absolute atomic E-state index is 13.8. The molecular formula is C27H23NO4S. The van der Waals surface area contributed by atoms with Crippen molar-refractivity contribution in [3.05, 3.63) is 98.9 Å². The van der Waals surface area contributed by atoms with Crippen molar-refractivity contribution in [3.8, 4) is 5.75 Å². The fourth-order valence-electron chi connectivity index (χ4n) is 4.34. The summed E-state index contributed by atoms with van der Waals surface area (Å²) in [6.07, 6.45) is 2.01. The van der Waals surface area contributed by atoms with Gasteiger partial charge in [0.1, 0.15) is 11.3 Å². The van der Waals surface area contributed by atoms with Crippen molar-refractivity contribution in [2.24, 2.45) is 0 Å². The summed E-state index contributed by atoms with van der Waals surface area (Å²) in [6.45, 7) is 3.93. The number of fused-ring (bicyclic) bond motifs is 2. The number of ether oxygens (including phenoxy) is 1. The first-order chi connectivity index (χ1) is 15.9. The van der Waals surface area contributed by atoms with Crippen molar-refractivity contribution in [1.82, 2.24) is 0 Å². The molecule has 5 nitrogen and oxygen atoms in total. The number of amides is 1. The van der Waals surface area contributed by atoms with Crippen LogP contribution in [0, 0.1) is 13.8 Å². The van der Waals surface area contributed by atoms with Gasteiger partial charge in [0.25, 0.3) is 5.91 Å². The molecule has 0 radical (unpaired) electrons. The van der Waals surface area contributed by atoms with Crippen LogP contribution < -0.4 is 15.1 Å². The first-order valence-electron chi connectivity index (χ1n) is 10.6. The van der Waals surface area contributed by atoms with Gasteiger partial charge in [-0.05, 0) is 85.3 Å². The molecule has 1 aliphatic heterocycles. The van der Waals surface area contributed by atoms with Crippen LogP contribution in [0.25, 0.3) is 11.0 Å². The number of anilines is 1. The zero-order valence-corrected chi connectivity index (χ0v) is 19.7. The summed E-state index contributed by atoms with van der Waals surface area (Å²) >= 11 is 1.64. The molecule has 0 aliphatic carbocycles. The molecule has 166 valence electrons. The molecular weight excluding hydrogens is 434 g/mol. The van der Waals surface area contributed by atoms with E-state index in [2.05, 4.69) is 0 Å². The molecule has 1 aliphatic rings. The van der Waals surface area contributed by atoms with E-state index in [4.69, 9.17) is 9.15 Å². The minimum absolute atomic E-state index is 0.102. The number of methoxy groups -OCH3 is 1. The van der Waals surface area contributed by atoms with E-state index in [-0.39, 0.29) is 17.1 Å². The first-order valence-corrected chi connectivity index (χ1v) is 11.8. The Bertz CT molecular complexity index is 1440. The van der Waals surface area contributed by atoms with E-state index >= 15 is 0 Å². The van der Waals surface area contributed by atoms with E-state index in [1.54, 1.807) is 35.9 Å². The maximum atomic E-state index is 13.8. The Morgan fingerprint density at radius 3 is 2.24 bits per heavy atom.